The van der Waals surface area contributed by atoms with Gasteiger partial charge >= 0.3 is 5.97 Å². The number of ether oxygens (including phenoxy) is 7. The molecule has 1 heterocycles. The maximum atomic E-state index is 13.5. The van der Waals surface area contributed by atoms with Crippen LogP contribution >= 0.6 is 0 Å². The van der Waals surface area contributed by atoms with E-state index in [2.05, 4.69) is 53.7 Å². The van der Waals surface area contributed by atoms with Gasteiger partial charge in [0.25, 0.3) is 17.7 Å². The number of rotatable bonds is 17. The highest BCUT2D eigenvalue weighted by Gasteiger charge is 2.26. The van der Waals surface area contributed by atoms with E-state index in [1.807, 2.05) is 53.7 Å². The van der Waals surface area contributed by atoms with Crippen molar-refractivity contribution in [2.45, 2.75) is 140 Å². The molecule has 3 aromatic rings. The summed E-state index contributed by atoms with van der Waals surface area (Å²) in [6.45, 7) is 29.0. The third-order valence-corrected chi connectivity index (χ3v) is 11.9. The average Bonchev–Trinajstić information content (AvgIpc) is 3.28. The molecule has 0 saturated carbocycles. The SMILES string of the molecule is CCOC(=O)c1cc2c(OCC(=O)N(CC)CC)c(c1)COCc1cc(C(C)(C)C)cc(c1OCC(=O)N(CC)CC)COCc1cc(C(C)(C)C)cc(c1OCC(=O)N(CC)CC)COC2. The number of carbonyl (C=O) groups excluding carboxylic acids is 4. The first-order valence-corrected chi connectivity index (χ1v) is 23.9. The molecule has 1 aliphatic rings. The van der Waals surface area contributed by atoms with Gasteiger partial charge in [0.2, 0.25) is 0 Å². The van der Waals surface area contributed by atoms with Gasteiger partial charge in [-0.2, -0.15) is 0 Å². The van der Waals surface area contributed by atoms with Crippen molar-refractivity contribution in [3.63, 3.8) is 0 Å². The molecule has 0 atom stereocenters. The van der Waals surface area contributed by atoms with Gasteiger partial charge in [-0.15, -0.1) is 0 Å². The fourth-order valence-electron chi connectivity index (χ4n) is 7.88. The van der Waals surface area contributed by atoms with Crippen molar-refractivity contribution in [2.24, 2.45) is 0 Å². The van der Waals surface area contributed by atoms with Crippen LogP contribution in [0.15, 0.2) is 36.4 Å². The molecule has 3 amide bonds. The Kier molecular flexibility index (Phi) is 20.5. The zero-order chi connectivity index (χ0) is 49.5. The summed E-state index contributed by atoms with van der Waals surface area (Å²) < 4.78 is 44.6. The van der Waals surface area contributed by atoms with Crippen molar-refractivity contribution in [1.29, 1.82) is 0 Å². The van der Waals surface area contributed by atoms with E-state index in [0.717, 1.165) is 22.3 Å². The van der Waals surface area contributed by atoms with Crippen LogP contribution in [-0.4, -0.2) is 104 Å². The first-order chi connectivity index (χ1) is 31.8. The Morgan fingerprint density at radius 2 is 0.701 bits per heavy atom. The lowest BCUT2D eigenvalue weighted by atomic mass is 9.84. The molecule has 0 fully saturated rings. The van der Waals surface area contributed by atoms with E-state index < -0.39 is 5.97 Å². The lowest BCUT2D eigenvalue weighted by Gasteiger charge is -2.26. The van der Waals surface area contributed by atoms with Gasteiger partial charge in [0, 0.05) is 72.6 Å². The van der Waals surface area contributed by atoms with Crippen LogP contribution in [0.2, 0.25) is 0 Å². The molecule has 14 heteroatoms. The minimum atomic E-state index is -0.537. The van der Waals surface area contributed by atoms with E-state index in [9.17, 15) is 19.2 Å². The number of esters is 1. The smallest absolute Gasteiger partial charge is 0.338 e. The summed E-state index contributed by atoms with van der Waals surface area (Å²) in [6.07, 6.45) is 0. The molecule has 0 aromatic heterocycles. The molecule has 0 saturated heterocycles. The van der Waals surface area contributed by atoms with Gasteiger partial charge in [0.05, 0.1) is 51.8 Å². The Bertz CT molecular complexity index is 2020. The number of benzene rings is 3. The second kappa shape index (κ2) is 25.3. The molecular weight excluding hydrogens is 855 g/mol. The fourth-order valence-corrected chi connectivity index (χ4v) is 7.88. The van der Waals surface area contributed by atoms with Crippen molar-refractivity contribution in [2.75, 3.05) is 65.7 Å². The van der Waals surface area contributed by atoms with Crippen LogP contribution in [0.25, 0.3) is 0 Å². The zero-order valence-electron chi connectivity index (χ0n) is 42.6. The standard InChI is InChI=1S/C53H77N3O11/c1-14-54(15-2)45(57)33-65-48-37-21-36(51(60)64-20-7)22-38(48)28-62-30-40-24-44(53(11,12)13)26-42(50(40)67-35-47(59)56(18-5)19-6)32-63-31-41-25-43(52(8,9)10)23-39(29-61-27-37)49(41)66-34-46(58)55(16-3)17-4/h21-26H,14-20,27-35H2,1-13H3. The topological polar surface area (TPSA) is 143 Å². The predicted octanol–water partition coefficient (Wildman–Crippen LogP) is 8.66. The molecule has 0 aliphatic carbocycles. The largest absolute Gasteiger partial charge is 0.483 e. The molecule has 0 N–H and O–H groups in total. The Labute approximate surface area is 399 Å². The summed E-state index contributed by atoms with van der Waals surface area (Å²) in [5.41, 5.74) is 5.50. The first-order valence-electron chi connectivity index (χ1n) is 23.9. The van der Waals surface area contributed by atoms with E-state index in [1.165, 1.54) is 0 Å². The minimum absolute atomic E-state index is 0.0338. The van der Waals surface area contributed by atoms with Gasteiger partial charge < -0.3 is 47.9 Å². The van der Waals surface area contributed by atoms with Gasteiger partial charge in [-0.05, 0) is 107 Å². The highest BCUT2D eigenvalue weighted by atomic mass is 16.5. The summed E-state index contributed by atoms with van der Waals surface area (Å²) in [7, 11) is 0. The van der Waals surface area contributed by atoms with Gasteiger partial charge in [0.15, 0.2) is 19.8 Å². The summed E-state index contributed by atoms with van der Waals surface area (Å²) >= 11 is 0. The van der Waals surface area contributed by atoms with Gasteiger partial charge in [-0.3, -0.25) is 14.4 Å². The van der Waals surface area contributed by atoms with Crippen LogP contribution in [0.3, 0.4) is 0 Å². The molecule has 4 rings (SSSR count). The highest BCUT2D eigenvalue weighted by Crippen LogP contribution is 2.37. The molecule has 0 spiro atoms. The van der Waals surface area contributed by atoms with E-state index in [4.69, 9.17) is 33.2 Å². The molecule has 1 aliphatic heterocycles. The molecular formula is C53H77N3O11. The number of fused-ring (bicyclic) bond motifs is 6. The number of carbonyl (C=O) groups is 4. The molecule has 370 valence electrons. The number of likely N-dealkylation sites (N-methyl/N-ethyl adjacent to an activating group) is 3. The summed E-state index contributed by atoms with van der Waals surface area (Å²) in [5, 5.41) is 0. The molecule has 14 nitrogen and oxygen atoms in total. The van der Waals surface area contributed by atoms with Crippen molar-refractivity contribution in [3.05, 3.63) is 86.5 Å². The van der Waals surface area contributed by atoms with Crippen molar-refractivity contribution in [3.8, 4) is 17.2 Å². The summed E-state index contributed by atoms with van der Waals surface area (Å²) in [6, 6.07) is 11.5. The minimum Gasteiger partial charge on any atom is -0.483 e. The molecule has 0 unspecified atom stereocenters. The first kappa shape index (κ1) is 54.4. The predicted molar refractivity (Wildman–Crippen MR) is 258 cm³/mol. The van der Waals surface area contributed by atoms with Gasteiger partial charge in [-0.1, -0.05) is 41.5 Å². The van der Waals surface area contributed by atoms with Crippen molar-refractivity contribution >= 4 is 23.7 Å². The van der Waals surface area contributed by atoms with Crippen LogP contribution < -0.4 is 14.2 Å². The van der Waals surface area contributed by atoms with Crippen LogP contribution in [0.5, 0.6) is 17.2 Å². The van der Waals surface area contributed by atoms with E-state index >= 15 is 0 Å². The van der Waals surface area contributed by atoms with Gasteiger partial charge in [0.1, 0.15) is 17.2 Å². The summed E-state index contributed by atoms with van der Waals surface area (Å²) in [5.74, 6) is 0.236. The number of nitrogens with zero attached hydrogens (tertiary/aromatic N) is 3. The van der Waals surface area contributed by atoms with Gasteiger partial charge in [-0.25, -0.2) is 4.79 Å². The lowest BCUT2D eigenvalue weighted by Crippen LogP contribution is -2.34. The lowest BCUT2D eigenvalue weighted by molar-refractivity contribution is -0.133. The third-order valence-electron chi connectivity index (χ3n) is 11.9. The van der Waals surface area contributed by atoms with Crippen LogP contribution in [-0.2, 0) is 83.8 Å². The quantitative estimate of drug-likeness (QED) is 0.120. The maximum Gasteiger partial charge on any atom is 0.338 e. The third kappa shape index (κ3) is 14.9. The Balaban J connectivity index is 2.01. The number of amides is 3. The number of hydrogen-bond acceptors (Lipinski definition) is 11. The maximum absolute atomic E-state index is 13.5. The van der Waals surface area contributed by atoms with Crippen LogP contribution in [0.1, 0.15) is 145 Å². The van der Waals surface area contributed by atoms with Crippen molar-refractivity contribution in [1.82, 2.24) is 14.7 Å². The van der Waals surface area contributed by atoms with E-state index in [-0.39, 0.29) is 100 Å². The Morgan fingerprint density at radius 3 is 0.925 bits per heavy atom. The Morgan fingerprint density at radius 1 is 0.448 bits per heavy atom. The average molecular weight is 932 g/mol. The van der Waals surface area contributed by atoms with E-state index in [1.54, 1.807) is 33.8 Å². The second-order valence-corrected chi connectivity index (χ2v) is 18.6. The zero-order valence-corrected chi connectivity index (χ0v) is 42.6. The molecule has 6 bridgehead atoms. The molecule has 0 radical (unpaired) electrons. The molecule has 3 aromatic carbocycles. The van der Waals surface area contributed by atoms with Crippen LogP contribution in [0.4, 0.5) is 0 Å². The number of hydrogen-bond donors (Lipinski definition) is 0. The normalized spacial score (nSPS) is 13.4. The summed E-state index contributed by atoms with van der Waals surface area (Å²) in [4.78, 5) is 58.9. The van der Waals surface area contributed by atoms with Crippen molar-refractivity contribution < 1.29 is 52.3 Å². The molecule has 67 heavy (non-hydrogen) atoms. The van der Waals surface area contributed by atoms with Crippen LogP contribution in [0, 0.1) is 0 Å². The second-order valence-electron chi connectivity index (χ2n) is 18.6. The van der Waals surface area contributed by atoms with E-state index in [0.29, 0.717) is 78.8 Å². The monoisotopic (exact) mass is 932 g/mol. The Hall–Kier alpha value is -5.18. The highest BCUT2D eigenvalue weighted by molar-refractivity contribution is 5.90. The fraction of sp³-hybridized carbons (Fsp3) is 0.585.